The van der Waals surface area contributed by atoms with Gasteiger partial charge in [-0.1, -0.05) is 0 Å². The molecule has 0 aliphatic heterocycles. The van der Waals surface area contributed by atoms with Gasteiger partial charge in [0.25, 0.3) is 11.6 Å². The number of carbonyl (C=O) groups is 1. The number of nitrogens with one attached hydrogen (secondary N) is 2. The summed E-state index contributed by atoms with van der Waals surface area (Å²) in [5.74, 6) is -1.40. The highest BCUT2D eigenvalue weighted by Crippen LogP contribution is 2.26. The minimum Gasteiger partial charge on any atom is -0.386 e. The number of nitro groups is 1. The van der Waals surface area contributed by atoms with Gasteiger partial charge >= 0.3 is 0 Å². The largest absolute Gasteiger partial charge is 0.386 e. The zero-order valence-electron chi connectivity index (χ0n) is 11.1. The molecule has 0 radical (unpaired) electrons. The van der Waals surface area contributed by atoms with Crippen molar-refractivity contribution in [1.29, 1.82) is 0 Å². The molecule has 2 N–H and O–H groups in total. The van der Waals surface area contributed by atoms with E-state index in [0.29, 0.717) is 0 Å². The lowest BCUT2D eigenvalue weighted by Gasteiger charge is -2.08. The molecule has 6 nitrogen and oxygen atoms in total. The zero-order chi connectivity index (χ0) is 15.4. The van der Waals surface area contributed by atoms with E-state index in [0.717, 1.165) is 17.7 Å². The Hall–Kier alpha value is -2.48. The highest BCUT2D eigenvalue weighted by atomic mass is 32.1. The predicted octanol–water partition coefficient (Wildman–Crippen LogP) is 2.77. The molecule has 1 heterocycles. The molecule has 0 aliphatic rings. The van der Waals surface area contributed by atoms with Crippen LogP contribution in [0.2, 0.25) is 0 Å². The first-order chi connectivity index (χ1) is 10.0. The van der Waals surface area contributed by atoms with Crippen molar-refractivity contribution in [1.82, 2.24) is 5.32 Å². The second-order valence-electron chi connectivity index (χ2n) is 4.17. The van der Waals surface area contributed by atoms with E-state index >= 15 is 0 Å². The fraction of sp³-hybridized carbons (Fsp3) is 0.154. The fourth-order valence-corrected chi connectivity index (χ4v) is 2.43. The summed E-state index contributed by atoms with van der Waals surface area (Å²) in [4.78, 5) is 22.3. The Bertz CT molecular complexity index is 674. The summed E-state index contributed by atoms with van der Waals surface area (Å²) >= 11 is 1.48. The lowest BCUT2D eigenvalue weighted by molar-refractivity contribution is -0.385. The highest BCUT2D eigenvalue weighted by Gasteiger charge is 2.23. The molecule has 0 saturated heterocycles. The van der Waals surface area contributed by atoms with Crippen LogP contribution in [0, 0.1) is 15.9 Å². The normalized spacial score (nSPS) is 10.2. The first-order valence-corrected chi connectivity index (χ1v) is 6.92. The SMILES string of the molecule is CNc1cc(C(=O)NCc2ccsc2)c([N+](=O)[O-])cc1F. The van der Waals surface area contributed by atoms with E-state index in [1.54, 1.807) is 0 Å². The molecular formula is C13H12FN3O3S. The number of amides is 1. The third-order valence-corrected chi connectivity index (χ3v) is 3.56. The van der Waals surface area contributed by atoms with Crippen LogP contribution in [0.25, 0.3) is 0 Å². The second-order valence-corrected chi connectivity index (χ2v) is 4.95. The Balaban J connectivity index is 2.27. The summed E-state index contributed by atoms with van der Waals surface area (Å²) in [6, 6.07) is 3.71. The van der Waals surface area contributed by atoms with Crippen molar-refractivity contribution < 1.29 is 14.1 Å². The molecular weight excluding hydrogens is 297 g/mol. The number of hydrogen-bond donors (Lipinski definition) is 2. The van der Waals surface area contributed by atoms with Gasteiger partial charge in [-0.3, -0.25) is 14.9 Å². The zero-order valence-corrected chi connectivity index (χ0v) is 11.9. The summed E-state index contributed by atoms with van der Waals surface area (Å²) in [5, 5.41) is 19.8. The van der Waals surface area contributed by atoms with Gasteiger partial charge in [-0.25, -0.2) is 4.39 Å². The molecule has 0 aliphatic carbocycles. The molecule has 1 aromatic heterocycles. The van der Waals surface area contributed by atoms with Crippen molar-refractivity contribution in [3.63, 3.8) is 0 Å². The van der Waals surface area contributed by atoms with Crippen LogP contribution < -0.4 is 10.6 Å². The molecule has 0 bridgehead atoms. The Morgan fingerprint density at radius 2 is 2.24 bits per heavy atom. The highest BCUT2D eigenvalue weighted by molar-refractivity contribution is 7.07. The number of hydrogen-bond acceptors (Lipinski definition) is 5. The first kappa shape index (κ1) is 14.9. The van der Waals surface area contributed by atoms with Gasteiger partial charge in [-0.2, -0.15) is 11.3 Å². The monoisotopic (exact) mass is 309 g/mol. The third kappa shape index (κ3) is 3.34. The molecule has 0 atom stereocenters. The average Bonchev–Trinajstić information content (AvgIpc) is 2.97. The van der Waals surface area contributed by atoms with Crippen LogP contribution in [-0.4, -0.2) is 17.9 Å². The number of nitro benzene ring substituents is 1. The quantitative estimate of drug-likeness (QED) is 0.657. The first-order valence-electron chi connectivity index (χ1n) is 5.98. The number of halogens is 1. The fourth-order valence-electron chi connectivity index (χ4n) is 1.76. The van der Waals surface area contributed by atoms with Gasteiger partial charge in [-0.15, -0.1) is 0 Å². The maximum atomic E-state index is 13.6. The van der Waals surface area contributed by atoms with Gasteiger partial charge in [0.2, 0.25) is 0 Å². The van der Waals surface area contributed by atoms with E-state index in [4.69, 9.17) is 0 Å². The number of carbonyl (C=O) groups excluding carboxylic acids is 1. The van der Waals surface area contributed by atoms with Gasteiger partial charge in [0.15, 0.2) is 5.82 Å². The van der Waals surface area contributed by atoms with Crippen molar-refractivity contribution in [2.75, 3.05) is 12.4 Å². The molecule has 2 aromatic rings. The lowest BCUT2D eigenvalue weighted by Crippen LogP contribution is -2.23. The van der Waals surface area contributed by atoms with Crippen molar-refractivity contribution in [2.24, 2.45) is 0 Å². The lowest BCUT2D eigenvalue weighted by atomic mass is 10.1. The Morgan fingerprint density at radius 3 is 2.81 bits per heavy atom. The van der Waals surface area contributed by atoms with Crippen LogP contribution in [0.15, 0.2) is 29.0 Å². The van der Waals surface area contributed by atoms with Gasteiger partial charge in [0.1, 0.15) is 5.56 Å². The smallest absolute Gasteiger partial charge is 0.285 e. The molecule has 21 heavy (non-hydrogen) atoms. The van der Waals surface area contributed by atoms with Gasteiger partial charge in [-0.05, 0) is 28.5 Å². The van der Waals surface area contributed by atoms with E-state index < -0.39 is 22.3 Å². The van der Waals surface area contributed by atoms with E-state index in [1.165, 1.54) is 18.4 Å². The number of thiophene rings is 1. The second kappa shape index (κ2) is 6.31. The minimum absolute atomic E-state index is 0.0290. The standard InChI is InChI=1S/C13H12FN3O3S/c1-15-11-4-9(12(17(19)20)5-10(11)14)13(18)16-6-8-2-3-21-7-8/h2-5,7,15H,6H2,1H3,(H,16,18). The predicted molar refractivity (Wildman–Crippen MR) is 78.1 cm³/mol. The van der Waals surface area contributed by atoms with Gasteiger partial charge in [0.05, 0.1) is 16.7 Å². The van der Waals surface area contributed by atoms with Gasteiger partial charge in [0, 0.05) is 13.6 Å². The average molecular weight is 309 g/mol. The molecule has 2 rings (SSSR count). The molecule has 1 aromatic carbocycles. The summed E-state index contributed by atoms with van der Waals surface area (Å²) in [5.41, 5.74) is 0.184. The summed E-state index contributed by atoms with van der Waals surface area (Å²) in [6.07, 6.45) is 0. The summed E-state index contributed by atoms with van der Waals surface area (Å²) in [6.45, 7) is 0.256. The molecule has 0 saturated carbocycles. The number of nitrogens with zero attached hydrogens (tertiary/aromatic N) is 1. The molecule has 0 spiro atoms. The Labute approximate surface area is 123 Å². The summed E-state index contributed by atoms with van der Waals surface area (Å²) < 4.78 is 13.6. The van der Waals surface area contributed by atoms with Crippen LogP contribution >= 0.6 is 11.3 Å². The maximum Gasteiger partial charge on any atom is 0.285 e. The third-order valence-electron chi connectivity index (χ3n) is 2.83. The number of benzene rings is 1. The molecule has 8 heteroatoms. The van der Waals surface area contributed by atoms with E-state index in [9.17, 15) is 19.3 Å². The summed E-state index contributed by atoms with van der Waals surface area (Å²) in [7, 11) is 1.47. The van der Waals surface area contributed by atoms with Crippen molar-refractivity contribution in [3.05, 3.63) is 56.0 Å². The van der Waals surface area contributed by atoms with Crippen LogP contribution in [0.3, 0.4) is 0 Å². The molecule has 1 amide bonds. The molecule has 110 valence electrons. The minimum atomic E-state index is -0.779. The number of rotatable bonds is 5. The van der Waals surface area contributed by atoms with E-state index in [1.807, 2.05) is 16.8 Å². The van der Waals surface area contributed by atoms with Crippen molar-refractivity contribution in [3.8, 4) is 0 Å². The van der Waals surface area contributed by atoms with Crippen LogP contribution in [-0.2, 0) is 6.54 Å². The van der Waals surface area contributed by atoms with Crippen molar-refractivity contribution in [2.45, 2.75) is 6.54 Å². The number of anilines is 1. The Morgan fingerprint density at radius 1 is 1.48 bits per heavy atom. The van der Waals surface area contributed by atoms with E-state index in [2.05, 4.69) is 10.6 Å². The molecule has 0 fully saturated rings. The Kier molecular flexibility index (Phi) is 4.49. The van der Waals surface area contributed by atoms with Crippen LogP contribution in [0.5, 0.6) is 0 Å². The van der Waals surface area contributed by atoms with Gasteiger partial charge < -0.3 is 10.6 Å². The van der Waals surface area contributed by atoms with Crippen LogP contribution in [0.1, 0.15) is 15.9 Å². The maximum absolute atomic E-state index is 13.6. The molecule has 0 unspecified atom stereocenters. The topological polar surface area (TPSA) is 84.3 Å². The van der Waals surface area contributed by atoms with Crippen molar-refractivity contribution >= 4 is 28.6 Å². The van der Waals surface area contributed by atoms with Crippen LogP contribution in [0.4, 0.5) is 15.8 Å². The van der Waals surface area contributed by atoms with E-state index in [-0.39, 0.29) is 17.8 Å².